The number of unbranched alkanes of at least 4 members (excludes halogenated alkanes) is 1. The molecular weight excluding hydrogens is 324 g/mol. The molecule has 3 aromatic heterocycles. The van der Waals surface area contributed by atoms with E-state index >= 15 is 0 Å². The number of fused-ring (bicyclic) bond motifs is 1. The maximum Gasteiger partial charge on any atom is 0.330 e. The highest BCUT2D eigenvalue weighted by Gasteiger charge is 2.18. The molecule has 25 heavy (non-hydrogen) atoms. The largest absolute Gasteiger partial charge is 0.330 e. The number of nitrogens with zero attached hydrogens (tertiary/aromatic N) is 7. The molecule has 0 amide bonds. The first-order valence-corrected chi connectivity index (χ1v) is 8.10. The van der Waals surface area contributed by atoms with Gasteiger partial charge in [-0.05, 0) is 13.3 Å². The molecular formula is C15H18N8O2. The van der Waals surface area contributed by atoms with Crippen molar-refractivity contribution < 1.29 is 0 Å². The van der Waals surface area contributed by atoms with Gasteiger partial charge in [0.15, 0.2) is 11.2 Å². The van der Waals surface area contributed by atoms with E-state index in [2.05, 4.69) is 20.1 Å². The Hall–Kier alpha value is -3.22. The number of hydrogen-bond donors (Lipinski definition) is 1. The van der Waals surface area contributed by atoms with Crippen LogP contribution in [-0.4, -0.2) is 33.9 Å². The third kappa shape index (κ3) is 2.96. The Morgan fingerprint density at radius 2 is 2.08 bits per heavy atom. The molecule has 0 aromatic carbocycles. The van der Waals surface area contributed by atoms with Crippen LogP contribution in [0, 0.1) is 11.3 Å². The van der Waals surface area contributed by atoms with Gasteiger partial charge in [-0.1, -0.05) is 13.3 Å². The lowest BCUT2D eigenvalue weighted by Crippen LogP contribution is -2.31. The number of imidazole rings is 1. The summed E-state index contributed by atoms with van der Waals surface area (Å²) in [4.78, 5) is 35.2. The van der Waals surface area contributed by atoms with Gasteiger partial charge < -0.3 is 4.57 Å². The second-order valence-corrected chi connectivity index (χ2v) is 5.59. The van der Waals surface area contributed by atoms with Gasteiger partial charge in [-0.2, -0.15) is 5.26 Å². The van der Waals surface area contributed by atoms with Gasteiger partial charge in [0.1, 0.15) is 24.8 Å². The third-order valence-corrected chi connectivity index (χ3v) is 3.96. The van der Waals surface area contributed by atoms with Gasteiger partial charge in [0.2, 0.25) is 0 Å². The van der Waals surface area contributed by atoms with Crippen molar-refractivity contribution in [1.29, 1.82) is 5.26 Å². The van der Waals surface area contributed by atoms with Crippen molar-refractivity contribution in [3.63, 3.8) is 0 Å². The molecule has 3 heterocycles. The number of H-pyrrole nitrogens is 1. The van der Waals surface area contributed by atoms with Gasteiger partial charge in [-0.15, -0.1) is 5.10 Å². The predicted octanol–water partition coefficient (Wildman–Crippen LogP) is 0.218. The van der Waals surface area contributed by atoms with E-state index in [-0.39, 0.29) is 12.4 Å². The van der Waals surface area contributed by atoms with Crippen LogP contribution in [0.2, 0.25) is 0 Å². The van der Waals surface area contributed by atoms with Crippen molar-refractivity contribution in [2.24, 2.45) is 0 Å². The molecule has 0 saturated carbocycles. The van der Waals surface area contributed by atoms with Crippen LogP contribution in [0.4, 0.5) is 0 Å². The summed E-state index contributed by atoms with van der Waals surface area (Å²) in [5.74, 6) is 0.644. The maximum absolute atomic E-state index is 12.3. The average Bonchev–Trinajstić information content (AvgIpc) is 3.19. The van der Waals surface area contributed by atoms with Gasteiger partial charge in [-0.3, -0.25) is 14.3 Å². The second kappa shape index (κ2) is 6.72. The molecule has 3 aromatic rings. The number of aromatic nitrogens is 7. The van der Waals surface area contributed by atoms with Gasteiger partial charge in [0.05, 0.1) is 0 Å². The number of hydrogen-bond acceptors (Lipinski definition) is 6. The molecule has 0 atom stereocenters. The van der Waals surface area contributed by atoms with E-state index in [1.165, 1.54) is 15.6 Å². The predicted molar refractivity (Wildman–Crippen MR) is 89.0 cm³/mol. The van der Waals surface area contributed by atoms with Crippen molar-refractivity contribution in [3.8, 4) is 6.07 Å². The summed E-state index contributed by atoms with van der Waals surface area (Å²) in [6.45, 7) is 5.18. The molecule has 3 rings (SSSR count). The summed E-state index contributed by atoms with van der Waals surface area (Å²) < 4.78 is 4.73. The van der Waals surface area contributed by atoms with Gasteiger partial charge in [-0.25, -0.2) is 19.4 Å². The van der Waals surface area contributed by atoms with Crippen LogP contribution in [0.15, 0.2) is 15.9 Å². The van der Waals surface area contributed by atoms with Crippen LogP contribution in [-0.2, 0) is 19.6 Å². The Balaban J connectivity index is 2.16. The number of rotatable bonds is 6. The van der Waals surface area contributed by atoms with Crippen molar-refractivity contribution in [3.05, 3.63) is 38.8 Å². The van der Waals surface area contributed by atoms with E-state index in [4.69, 9.17) is 5.26 Å². The Bertz CT molecular complexity index is 1060. The zero-order valence-corrected chi connectivity index (χ0v) is 14.1. The van der Waals surface area contributed by atoms with E-state index in [0.717, 1.165) is 12.8 Å². The summed E-state index contributed by atoms with van der Waals surface area (Å²) in [6, 6.07) is 1.87. The fourth-order valence-electron chi connectivity index (χ4n) is 2.77. The highest BCUT2D eigenvalue weighted by molar-refractivity contribution is 5.71. The lowest BCUT2D eigenvalue weighted by Gasteiger charge is -2.06. The second-order valence-electron chi connectivity index (χ2n) is 5.59. The summed E-state index contributed by atoms with van der Waals surface area (Å²) >= 11 is 0. The standard InChI is InChI=1S/C15H18N8O2/c1-3-5-6-23-13-12(14(24)19-15(23)25)22(4-2)11(18-13)8-21-9-17-10(7-16)20-21/h9H,3-6,8H2,1-2H3,(H,19,24,25). The molecule has 10 heteroatoms. The van der Waals surface area contributed by atoms with E-state index in [0.29, 0.717) is 30.1 Å². The first kappa shape index (κ1) is 16.6. The third-order valence-electron chi connectivity index (χ3n) is 3.96. The van der Waals surface area contributed by atoms with Crippen LogP contribution in [0.5, 0.6) is 0 Å². The molecule has 0 aliphatic rings. The summed E-state index contributed by atoms with van der Waals surface area (Å²) in [5, 5.41) is 12.8. The Kier molecular flexibility index (Phi) is 4.47. The van der Waals surface area contributed by atoms with E-state index in [9.17, 15) is 9.59 Å². The quantitative estimate of drug-likeness (QED) is 0.682. The van der Waals surface area contributed by atoms with E-state index in [1.54, 1.807) is 4.57 Å². The van der Waals surface area contributed by atoms with E-state index < -0.39 is 11.2 Å². The van der Waals surface area contributed by atoms with Gasteiger partial charge in [0.25, 0.3) is 11.4 Å². The van der Waals surface area contributed by atoms with Crippen LogP contribution >= 0.6 is 0 Å². The molecule has 0 radical (unpaired) electrons. The lowest BCUT2D eigenvalue weighted by atomic mass is 10.3. The Labute approximate surface area is 142 Å². The minimum Gasteiger partial charge on any atom is -0.321 e. The van der Waals surface area contributed by atoms with E-state index in [1.807, 2.05) is 19.9 Å². The van der Waals surface area contributed by atoms with Crippen molar-refractivity contribution in [2.75, 3.05) is 0 Å². The number of nitriles is 1. The highest BCUT2D eigenvalue weighted by atomic mass is 16.2. The van der Waals surface area contributed by atoms with Crippen LogP contribution in [0.1, 0.15) is 38.3 Å². The summed E-state index contributed by atoms with van der Waals surface area (Å²) in [6.07, 6.45) is 3.17. The smallest absolute Gasteiger partial charge is 0.321 e. The minimum absolute atomic E-state index is 0.0665. The van der Waals surface area contributed by atoms with Crippen molar-refractivity contribution in [2.45, 2.75) is 46.3 Å². The van der Waals surface area contributed by atoms with Crippen molar-refractivity contribution in [1.82, 2.24) is 33.9 Å². The molecule has 130 valence electrons. The number of aryl methyl sites for hydroxylation is 2. The molecule has 0 saturated heterocycles. The first-order valence-electron chi connectivity index (χ1n) is 8.10. The Morgan fingerprint density at radius 3 is 2.72 bits per heavy atom. The molecule has 0 spiro atoms. The zero-order chi connectivity index (χ0) is 18.0. The summed E-state index contributed by atoms with van der Waals surface area (Å²) in [7, 11) is 0. The highest BCUT2D eigenvalue weighted by Crippen LogP contribution is 2.13. The van der Waals surface area contributed by atoms with Crippen molar-refractivity contribution >= 4 is 11.2 Å². The fourth-order valence-corrected chi connectivity index (χ4v) is 2.77. The molecule has 10 nitrogen and oxygen atoms in total. The monoisotopic (exact) mass is 342 g/mol. The molecule has 0 bridgehead atoms. The molecule has 0 unspecified atom stereocenters. The lowest BCUT2D eigenvalue weighted by molar-refractivity contribution is 0.608. The zero-order valence-electron chi connectivity index (χ0n) is 14.1. The average molecular weight is 342 g/mol. The molecule has 1 N–H and O–H groups in total. The summed E-state index contributed by atoms with van der Waals surface area (Å²) in [5.41, 5.74) is -0.163. The van der Waals surface area contributed by atoms with Crippen LogP contribution in [0.25, 0.3) is 11.2 Å². The topological polar surface area (TPSA) is 127 Å². The normalized spacial score (nSPS) is 11.1. The van der Waals surface area contributed by atoms with Gasteiger partial charge in [0, 0.05) is 13.1 Å². The maximum atomic E-state index is 12.3. The minimum atomic E-state index is -0.454. The number of aromatic amines is 1. The molecule has 0 fully saturated rings. The first-order chi connectivity index (χ1) is 12.1. The number of nitrogens with one attached hydrogen (secondary N) is 1. The molecule has 0 aliphatic carbocycles. The fraction of sp³-hybridized carbons (Fsp3) is 0.467. The van der Waals surface area contributed by atoms with Gasteiger partial charge >= 0.3 is 5.69 Å². The SMILES string of the molecule is CCCCn1c(=O)[nH]c(=O)c2c1nc(Cn1cnc(C#N)n1)n2CC. The van der Waals surface area contributed by atoms with Crippen LogP contribution < -0.4 is 11.2 Å². The van der Waals surface area contributed by atoms with Crippen LogP contribution in [0.3, 0.4) is 0 Å². The molecule has 0 aliphatic heterocycles. The Morgan fingerprint density at radius 1 is 1.28 bits per heavy atom.